The summed E-state index contributed by atoms with van der Waals surface area (Å²) in [5, 5.41) is 2.87. The summed E-state index contributed by atoms with van der Waals surface area (Å²) in [6.45, 7) is 2.20. The third-order valence-electron chi connectivity index (χ3n) is 3.26. The first-order chi connectivity index (χ1) is 9.67. The van der Waals surface area contributed by atoms with Gasteiger partial charge < -0.3 is 15.8 Å². The van der Waals surface area contributed by atoms with Crippen molar-refractivity contribution in [2.75, 3.05) is 18.2 Å². The van der Waals surface area contributed by atoms with E-state index in [4.69, 9.17) is 10.5 Å². The van der Waals surface area contributed by atoms with Crippen LogP contribution in [0.2, 0.25) is 0 Å². The van der Waals surface area contributed by atoms with Crippen LogP contribution in [0.3, 0.4) is 0 Å². The molecule has 0 heterocycles. The van der Waals surface area contributed by atoms with Crippen LogP contribution >= 0.6 is 0 Å². The number of amides is 1. The molecule has 0 saturated carbocycles. The van der Waals surface area contributed by atoms with Gasteiger partial charge >= 0.3 is 0 Å². The normalized spacial score (nSPS) is 10.3. The minimum atomic E-state index is 0.0311. The number of nitrogens with one attached hydrogen (secondary N) is 1. The van der Waals surface area contributed by atoms with Crippen LogP contribution in [0, 0.1) is 0 Å². The fourth-order valence-electron chi connectivity index (χ4n) is 2.09. The zero-order valence-corrected chi connectivity index (χ0v) is 12.6. The Morgan fingerprint density at radius 3 is 2.60 bits per heavy atom. The van der Waals surface area contributed by atoms with Gasteiger partial charge in [0.2, 0.25) is 5.91 Å². The number of hydrogen-bond acceptors (Lipinski definition) is 3. The van der Waals surface area contributed by atoms with Gasteiger partial charge in [-0.15, -0.1) is 0 Å². The molecule has 0 spiro atoms. The van der Waals surface area contributed by atoms with E-state index in [9.17, 15) is 4.79 Å². The standard InChI is InChI=1S/C16H26N2O2/c1-3-4-5-6-7-8-9-16(19)18-14-11-10-13(17)12-15(14)20-2/h10-12H,3-9,17H2,1-2H3,(H,18,19). The molecule has 0 aliphatic heterocycles. The van der Waals surface area contributed by atoms with E-state index in [1.807, 2.05) is 0 Å². The quantitative estimate of drug-likeness (QED) is 0.530. The summed E-state index contributed by atoms with van der Waals surface area (Å²) in [7, 11) is 1.57. The highest BCUT2D eigenvalue weighted by atomic mass is 16.5. The molecule has 1 aromatic rings. The summed E-state index contributed by atoms with van der Waals surface area (Å²) in [5.41, 5.74) is 6.98. The first-order valence-electron chi connectivity index (χ1n) is 7.40. The lowest BCUT2D eigenvalue weighted by molar-refractivity contribution is -0.116. The van der Waals surface area contributed by atoms with Crippen LogP contribution in [0.25, 0.3) is 0 Å². The van der Waals surface area contributed by atoms with Crippen molar-refractivity contribution >= 4 is 17.3 Å². The Hall–Kier alpha value is -1.71. The maximum absolute atomic E-state index is 11.9. The fourth-order valence-corrected chi connectivity index (χ4v) is 2.09. The molecule has 112 valence electrons. The molecular weight excluding hydrogens is 252 g/mol. The average Bonchev–Trinajstić information content (AvgIpc) is 2.44. The molecule has 0 fully saturated rings. The van der Waals surface area contributed by atoms with Crippen LogP contribution in [-0.4, -0.2) is 13.0 Å². The van der Waals surface area contributed by atoms with Gasteiger partial charge in [0, 0.05) is 18.2 Å². The number of ether oxygens (including phenoxy) is 1. The molecule has 0 aliphatic carbocycles. The van der Waals surface area contributed by atoms with Gasteiger partial charge in [0.25, 0.3) is 0 Å². The van der Waals surface area contributed by atoms with Crippen LogP contribution in [0.4, 0.5) is 11.4 Å². The zero-order chi connectivity index (χ0) is 14.8. The second-order valence-corrected chi connectivity index (χ2v) is 5.03. The Kier molecular flexibility index (Phi) is 7.55. The highest BCUT2D eigenvalue weighted by Gasteiger charge is 2.07. The number of carbonyl (C=O) groups excluding carboxylic acids is 1. The molecule has 4 nitrogen and oxygen atoms in total. The lowest BCUT2D eigenvalue weighted by atomic mass is 10.1. The predicted octanol–water partition coefficient (Wildman–Crippen LogP) is 3.97. The lowest BCUT2D eigenvalue weighted by Crippen LogP contribution is -2.12. The third-order valence-corrected chi connectivity index (χ3v) is 3.26. The van der Waals surface area contributed by atoms with E-state index in [0.717, 1.165) is 12.8 Å². The molecule has 0 radical (unpaired) electrons. The number of nitrogens with two attached hydrogens (primary N) is 1. The van der Waals surface area contributed by atoms with Crippen LogP contribution in [-0.2, 0) is 4.79 Å². The smallest absolute Gasteiger partial charge is 0.224 e. The number of carbonyl (C=O) groups is 1. The first kappa shape index (κ1) is 16.3. The molecule has 0 unspecified atom stereocenters. The van der Waals surface area contributed by atoms with Gasteiger partial charge in [-0.3, -0.25) is 4.79 Å². The van der Waals surface area contributed by atoms with E-state index in [1.54, 1.807) is 25.3 Å². The van der Waals surface area contributed by atoms with Gasteiger partial charge in [-0.1, -0.05) is 39.0 Å². The number of methoxy groups -OCH3 is 1. The minimum absolute atomic E-state index is 0.0311. The van der Waals surface area contributed by atoms with Crippen LogP contribution in [0.1, 0.15) is 51.9 Å². The third kappa shape index (κ3) is 5.95. The fraction of sp³-hybridized carbons (Fsp3) is 0.562. The molecule has 4 heteroatoms. The van der Waals surface area contributed by atoms with Crippen molar-refractivity contribution in [2.24, 2.45) is 0 Å². The highest BCUT2D eigenvalue weighted by molar-refractivity contribution is 5.92. The molecule has 0 saturated heterocycles. The largest absolute Gasteiger partial charge is 0.494 e. The Morgan fingerprint density at radius 2 is 1.90 bits per heavy atom. The van der Waals surface area contributed by atoms with Gasteiger partial charge in [-0.05, 0) is 18.6 Å². The molecule has 0 aliphatic rings. The Balaban J connectivity index is 2.32. The van der Waals surface area contributed by atoms with Crippen LogP contribution < -0.4 is 15.8 Å². The van der Waals surface area contributed by atoms with Crippen molar-refractivity contribution in [3.05, 3.63) is 18.2 Å². The molecule has 0 bridgehead atoms. The van der Waals surface area contributed by atoms with E-state index in [2.05, 4.69) is 12.2 Å². The zero-order valence-electron chi connectivity index (χ0n) is 12.6. The predicted molar refractivity (Wildman–Crippen MR) is 84.0 cm³/mol. The van der Waals surface area contributed by atoms with E-state index in [1.165, 1.54) is 25.7 Å². The van der Waals surface area contributed by atoms with Crippen molar-refractivity contribution in [2.45, 2.75) is 51.9 Å². The number of unbranched alkanes of at least 4 members (excludes halogenated alkanes) is 5. The summed E-state index contributed by atoms with van der Waals surface area (Å²) in [5.74, 6) is 0.629. The molecule has 0 aromatic heterocycles. The minimum Gasteiger partial charge on any atom is -0.494 e. The monoisotopic (exact) mass is 278 g/mol. The van der Waals surface area contributed by atoms with Gasteiger partial charge in [-0.25, -0.2) is 0 Å². The molecular formula is C16H26N2O2. The Bertz CT molecular complexity index is 419. The van der Waals surface area contributed by atoms with Gasteiger partial charge in [-0.2, -0.15) is 0 Å². The summed E-state index contributed by atoms with van der Waals surface area (Å²) in [4.78, 5) is 11.9. The number of nitrogen functional groups attached to an aromatic ring is 1. The average molecular weight is 278 g/mol. The molecule has 20 heavy (non-hydrogen) atoms. The van der Waals surface area contributed by atoms with Crippen LogP contribution in [0.15, 0.2) is 18.2 Å². The molecule has 3 N–H and O–H groups in total. The van der Waals surface area contributed by atoms with Crippen molar-refractivity contribution in [3.8, 4) is 5.75 Å². The highest BCUT2D eigenvalue weighted by Crippen LogP contribution is 2.26. The van der Waals surface area contributed by atoms with Crippen molar-refractivity contribution in [1.29, 1.82) is 0 Å². The Labute approximate surface area is 121 Å². The molecule has 0 atom stereocenters. The van der Waals surface area contributed by atoms with E-state index in [0.29, 0.717) is 23.5 Å². The van der Waals surface area contributed by atoms with E-state index in [-0.39, 0.29) is 5.91 Å². The van der Waals surface area contributed by atoms with Crippen LogP contribution in [0.5, 0.6) is 5.75 Å². The van der Waals surface area contributed by atoms with Gasteiger partial charge in [0.15, 0.2) is 0 Å². The summed E-state index contributed by atoms with van der Waals surface area (Å²) in [6, 6.07) is 5.23. The maximum Gasteiger partial charge on any atom is 0.224 e. The summed E-state index contributed by atoms with van der Waals surface area (Å²) >= 11 is 0. The molecule has 1 aromatic carbocycles. The summed E-state index contributed by atoms with van der Waals surface area (Å²) in [6.07, 6.45) is 7.63. The lowest BCUT2D eigenvalue weighted by Gasteiger charge is -2.10. The molecule has 1 rings (SSSR count). The second-order valence-electron chi connectivity index (χ2n) is 5.03. The van der Waals surface area contributed by atoms with E-state index >= 15 is 0 Å². The van der Waals surface area contributed by atoms with Gasteiger partial charge in [0.05, 0.1) is 12.8 Å². The maximum atomic E-state index is 11.9. The number of benzene rings is 1. The van der Waals surface area contributed by atoms with Crippen molar-refractivity contribution < 1.29 is 9.53 Å². The number of rotatable bonds is 9. The second kappa shape index (κ2) is 9.23. The first-order valence-corrected chi connectivity index (χ1v) is 7.40. The van der Waals surface area contributed by atoms with E-state index < -0.39 is 0 Å². The SMILES string of the molecule is CCCCCCCCC(=O)Nc1ccc(N)cc1OC. The van der Waals surface area contributed by atoms with Crippen molar-refractivity contribution in [3.63, 3.8) is 0 Å². The summed E-state index contributed by atoms with van der Waals surface area (Å²) < 4.78 is 5.20. The Morgan fingerprint density at radius 1 is 1.20 bits per heavy atom. The molecule has 1 amide bonds. The van der Waals surface area contributed by atoms with Crippen molar-refractivity contribution in [1.82, 2.24) is 0 Å². The van der Waals surface area contributed by atoms with Gasteiger partial charge in [0.1, 0.15) is 5.75 Å². The number of anilines is 2. The topological polar surface area (TPSA) is 64.4 Å². The number of hydrogen-bond donors (Lipinski definition) is 2.